The average molecular weight is 220 g/mol. The first-order valence-electron chi connectivity index (χ1n) is 4.99. The fourth-order valence-electron chi connectivity index (χ4n) is 1.65. The van der Waals surface area contributed by atoms with Crippen LogP contribution in [0.2, 0.25) is 0 Å². The maximum atomic E-state index is 10.8. The van der Waals surface area contributed by atoms with Crippen molar-refractivity contribution in [2.45, 2.75) is 18.8 Å². The van der Waals surface area contributed by atoms with E-state index in [0.29, 0.717) is 12.2 Å². The summed E-state index contributed by atoms with van der Waals surface area (Å²) < 4.78 is 5.21. The number of carboxylic acid groups (broad SMARTS) is 1. The maximum absolute atomic E-state index is 10.8. The van der Waals surface area contributed by atoms with Crippen molar-refractivity contribution in [1.82, 2.24) is 9.97 Å². The average Bonchev–Trinajstić information content (AvgIpc) is 2.88. The maximum Gasteiger partial charge on any atom is 0.304 e. The van der Waals surface area contributed by atoms with E-state index < -0.39 is 5.97 Å². The monoisotopic (exact) mass is 220 g/mol. The number of carboxylic acids is 1. The van der Waals surface area contributed by atoms with Crippen LogP contribution in [0.1, 0.15) is 23.9 Å². The fraction of sp³-hybridized carbons (Fsp3) is 0.273. The number of furan rings is 1. The molecule has 1 unspecified atom stereocenters. The molecule has 0 spiro atoms. The number of aromatic nitrogens is 2. The number of H-pyrrole nitrogens is 1. The molecule has 0 saturated heterocycles. The molecule has 2 aromatic heterocycles. The van der Waals surface area contributed by atoms with Crippen LogP contribution in [0.3, 0.4) is 0 Å². The second-order valence-corrected chi connectivity index (χ2v) is 3.55. The van der Waals surface area contributed by atoms with Crippen molar-refractivity contribution in [3.05, 3.63) is 42.4 Å². The van der Waals surface area contributed by atoms with Gasteiger partial charge in [0.2, 0.25) is 0 Å². The van der Waals surface area contributed by atoms with Crippen molar-refractivity contribution in [3.8, 4) is 0 Å². The molecule has 5 heteroatoms. The zero-order valence-electron chi connectivity index (χ0n) is 8.59. The number of hydrogen-bond acceptors (Lipinski definition) is 3. The lowest BCUT2D eigenvalue weighted by Crippen LogP contribution is -2.10. The normalized spacial score (nSPS) is 12.5. The summed E-state index contributed by atoms with van der Waals surface area (Å²) in [5, 5.41) is 8.84. The second kappa shape index (κ2) is 4.65. The summed E-state index contributed by atoms with van der Waals surface area (Å²) in [6.07, 6.45) is 5.45. The van der Waals surface area contributed by atoms with Crippen LogP contribution in [0.5, 0.6) is 0 Å². The molecule has 0 aromatic carbocycles. The SMILES string of the molecule is O=C(O)CC(Cc1ccco1)c1ncc[nH]1. The van der Waals surface area contributed by atoms with Crippen LogP contribution < -0.4 is 0 Å². The molecule has 5 nitrogen and oxygen atoms in total. The Hall–Kier alpha value is -2.04. The Morgan fingerprint density at radius 1 is 1.62 bits per heavy atom. The third kappa shape index (κ3) is 2.50. The quantitative estimate of drug-likeness (QED) is 0.805. The Kier molecular flexibility index (Phi) is 3.05. The van der Waals surface area contributed by atoms with Crippen LogP contribution in [-0.2, 0) is 11.2 Å². The van der Waals surface area contributed by atoms with Gasteiger partial charge < -0.3 is 14.5 Å². The lowest BCUT2D eigenvalue weighted by molar-refractivity contribution is -0.137. The van der Waals surface area contributed by atoms with Crippen LogP contribution in [0.4, 0.5) is 0 Å². The molecule has 16 heavy (non-hydrogen) atoms. The number of nitrogens with zero attached hydrogens (tertiary/aromatic N) is 1. The van der Waals surface area contributed by atoms with E-state index >= 15 is 0 Å². The van der Waals surface area contributed by atoms with Gasteiger partial charge in [0.1, 0.15) is 11.6 Å². The molecule has 0 bridgehead atoms. The van der Waals surface area contributed by atoms with Gasteiger partial charge in [0.25, 0.3) is 0 Å². The molecule has 0 saturated carbocycles. The summed E-state index contributed by atoms with van der Waals surface area (Å²) in [6.45, 7) is 0. The largest absolute Gasteiger partial charge is 0.481 e. The Morgan fingerprint density at radius 2 is 2.50 bits per heavy atom. The van der Waals surface area contributed by atoms with Gasteiger partial charge in [-0.1, -0.05) is 0 Å². The van der Waals surface area contributed by atoms with Crippen molar-refractivity contribution in [2.75, 3.05) is 0 Å². The molecule has 0 radical (unpaired) electrons. The summed E-state index contributed by atoms with van der Waals surface area (Å²) >= 11 is 0. The zero-order valence-corrected chi connectivity index (χ0v) is 8.59. The molecule has 0 aliphatic heterocycles. The highest BCUT2D eigenvalue weighted by Gasteiger charge is 2.19. The van der Waals surface area contributed by atoms with Crippen LogP contribution in [0.15, 0.2) is 35.2 Å². The third-order valence-electron chi connectivity index (χ3n) is 2.35. The number of carbonyl (C=O) groups is 1. The van der Waals surface area contributed by atoms with Gasteiger partial charge in [-0.15, -0.1) is 0 Å². The van der Waals surface area contributed by atoms with Crippen molar-refractivity contribution >= 4 is 5.97 Å². The van der Waals surface area contributed by atoms with Crippen LogP contribution in [0.25, 0.3) is 0 Å². The number of aromatic amines is 1. The zero-order chi connectivity index (χ0) is 11.4. The molecule has 2 N–H and O–H groups in total. The minimum absolute atomic E-state index is 0.0359. The predicted molar refractivity (Wildman–Crippen MR) is 56.0 cm³/mol. The Balaban J connectivity index is 2.12. The van der Waals surface area contributed by atoms with E-state index in [2.05, 4.69) is 9.97 Å². The van der Waals surface area contributed by atoms with Gasteiger partial charge in [-0.3, -0.25) is 4.79 Å². The summed E-state index contributed by atoms with van der Waals surface area (Å²) in [4.78, 5) is 17.8. The van der Waals surface area contributed by atoms with E-state index in [0.717, 1.165) is 5.76 Å². The number of imidazole rings is 1. The molecule has 0 aliphatic carbocycles. The van der Waals surface area contributed by atoms with Gasteiger partial charge in [0.05, 0.1) is 12.7 Å². The summed E-state index contributed by atoms with van der Waals surface area (Å²) in [7, 11) is 0. The third-order valence-corrected chi connectivity index (χ3v) is 2.35. The molecular weight excluding hydrogens is 208 g/mol. The van der Waals surface area contributed by atoms with Crippen molar-refractivity contribution in [2.24, 2.45) is 0 Å². The minimum Gasteiger partial charge on any atom is -0.481 e. The summed E-state index contributed by atoms with van der Waals surface area (Å²) in [5.74, 6) is 0.424. The Bertz CT molecular complexity index is 434. The van der Waals surface area contributed by atoms with E-state index in [9.17, 15) is 4.79 Å². The first-order valence-corrected chi connectivity index (χ1v) is 4.99. The fourth-order valence-corrected chi connectivity index (χ4v) is 1.65. The van der Waals surface area contributed by atoms with E-state index in [1.807, 2.05) is 6.07 Å². The summed E-state index contributed by atoms with van der Waals surface area (Å²) in [6, 6.07) is 3.62. The van der Waals surface area contributed by atoms with Gasteiger partial charge in [0.15, 0.2) is 0 Å². The standard InChI is InChI=1S/C11H12N2O3/c14-10(15)7-8(11-12-3-4-13-11)6-9-2-1-5-16-9/h1-5,8H,6-7H2,(H,12,13)(H,14,15). The van der Waals surface area contributed by atoms with E-state index in [1.165, 1.54) is 0 Å². The van der Waals surface area contributed by atoms with Gasteiger partial charge in [-0.2, -0.15) is 0 Å². The number of rotatable bonds is 5. The molecular formula is C11H12N2O3. The lowest BCUT2D eigenvalue weighted by Gasteiger charge is -2.10. The smallest absolute Gasteiger partial charge is 0.304 e. The molecule has 84 valence electrons. The molecule has 2 rings (SSSR count). The van der Waals surface area contributed by atoms with Gasteiger partial charge in [-0.25, -0.2) is 4.98 Å². The molecule has 2 aromatic rings. The van der Waals surface area contributed by atoms with Crippen LogP contribution in [0, 0.1) is 0 Å². The molecule has 2 heterocycles. The van der Waals surface area contributed by atoms with Crippen molar-refractivity contribution < 1.29 is 14.3 Å². The highest BCUT2D eigenvalue weighted by atomic mass is 16.4. The predicted octanol–water partition coefficient (Wildman–Crippen LogP) is 1.80. The van der Waals surface area contributed by atoms with Crippen molar-refractivity contribution in [1.29, 1.82) is 0 Å². The van der Waals surface area contributed by atoms with E-state index in [4.69, 9.17) is 9.52 Å². The minimum atomic E-state index is -0.840. The highest BCUT2D eigenvalue weighted by Crippen LogP contribution is 2.21. The topological polar surface area (TPSA) is 79.1 Å². The molecule has 1 atom stereocenters. The van der Waals surface area contributed by atoms with Gasteiger partial charge in [0, 0.05) is 24.7 Å². The Morgan fingerprint density at radius 3 is 3.06 bits per heavy atom. The molecule has 0 fully saturated rings. The number of nitrogens with one attached hydrogen (secondary N) is 1. The van der Waals surface area contributed by atoms with Crippen molar-refractivity contribution in [3.63, 3.8) is 0 Å². The second-order valence-electron chi connectivity index (χ2n) is 3.55. The molecule has 0 aliphatic rings. The number of hydrogen-bond donors (Lipinski definition) is 2. The van der Waals surface area contributed by atoms with E-state index in [-0.39, 0.29) is 12.3 Å². The first-order chi connectivity index (χ1) is 7.75. The molecule has 0 amide bonds. The lowest BCUT2D eigenvalue weighted by atomic mass is 9.99. The van der Waals surface area contributed by atoms with E-state index in [1.54, 1.807) is 24.7 Å². The van der Waals surface area contributed by atoms with Crippen LogP contribution >= 0.6 is 0 Å². The first kappa shape index (κ1) is 10.5. The summed E-state index contributed by atoms with van der Waals surface area (Å²) in [5.41, 5.74) is 0. The highest BCUT2D eigenvalue weighted by molar-refractivity contribution is 5.67. The number of aliphatic carboxylic acids is 1. The van der Waals surface area contributed by atoms with Crippen LogP contribution in [-0.4, -0.2) is 21.0 Å². The van der Waals surface area contributed by atoms with Gasteiger partial charge in [-0.05, 0) is 12.1 Å². The Labute approximate surface area is 92.1 Å². The van der Waals surface area contributed by atoms with Gasteiger partial charge >= 0.3 is 5.97 Å².